The van der Waals surface area contributed by atoms with Crippen LogP contribution < -0.4 is 10.2 Å². The lowest BCUT2D eigenvalue weighted by Crippen LogP contribution is -2.21. The van der Waals surface area contributed by atoms with E-state index in [1.54, 1.807) is 0 Å². The highest BCUT2D eigenvalue weighted by atomic mass is 79.9. The Morgan fingerprint density at radius 2 is 1.67 bits per heavy atom. The van der Waals surface area contributed by atoms with Gasteiger partial charge in [0.25, 0.3) is 0 Å². The number of benzene rings is 2. The van der Waals surface area contributed by atoms with Crippen molar-refractivity contribution < 1.29 is 0 Å². The van der Waals surface area contributed by atoms with Gasteiger partial charge >= 0.3 is 0 Å². The van der Waals surface area contributed by atoms with E-state index in [0.29, 0.717) is 0 Å². The number of anilines is 2. The molecule has 0 aliphatic carbocycles. The quantitative estimate of drug-likeness (QED) is 0.771. The van der Waals surface area contributed by atoms with Crippen molar-refractivity contribution in [1.82, 2.24) is 0 Å². The van der Waals surface area contributed by atoms with E-state index in [4.69, 9.17) is 0 Å². The summed E-state index contributed by atoms with van der Waals surface area (Å²) in [5, 5.41) is 3.48. The second-order valence-electron chi connectivity index (χ2n) is 5.16. The molecule has 2 aromatic carbocycles. The highest BCUT2D eigenvalue weighted by Gasteiger charge is 2.02. The standard InChI is InChI=1S/C18H23BrN2/c1-4-21(5-2)17-9-7-16(8-10-17)20-13-15-6-11-18(19)14(3)12-15/h6-12,20H,4-5,13H2,1-3H3. The van der Waals surface area contributed by atoms with Gasteiger partial charge in [0, 0.05) is 35.5 Å². The lowest BCUT2D eigenvalue weighted by atomic mass is 10.1. The fourth-order valence-corrected chi connectivity index (χ4v) is 2.65. The molecule has 0 radical (unpaired) electrons. The molecule has 0 heterocycles. The molecule has 0 aliphatic heterocycles. The van der Waals surface area contributed by atoms with Crippen LogP contribution in [0.4, 0.5) is 11.4 Å². The van der Waals surface area contributed by atoms with Crippen LogP contribution in [0.2, 0.25) is 0 Å². The Bertz CT molecular complexity index is 574. The summed E-state index contributed by atoms with van der Waals surface area (Å²) in [6, 6.07) is 15.1. The van der Waals surface area contributed by atoms with Crippen LogP contribution in [0.5, 0.6) is 0 Å². The summed E-state index contributed by atoms with van der Waals surface area (Å²) in [5.41, 5.74) is 5.01. The molecule has 0 aromatic heterocycles. The van der Waals surface area contributed by atoms with Gasteiger partial charge in [-0.3, -0.25) is 0 Å². The van der Waals surface area contributed by atoms with Gasteiger partial charge in [0.2, 0.25) is 0 Å². The van der Waals surface area contributed by atoms with Crippen molar-refractivity contribution in [1.29, 1.82) is 0 Å². The number of rotatable bonds is 6. The summed E-state index contributed by atoms with van der Waals surface area (Å²) < 4.78 is 1.16. The summed E-state index contributed by atoms with van der Waals surface area (Å²) in [6.45, 7) is 9.42. The van der Waals surface area contributed by atoms with Crippen molar-refractivity contribution in [2.75, 3.05) is 23.3 Å². The average molecular weight is 347 g/mol. The molecule has 2 nitrogen and oxygen atoms in total. The molecular weight excluding hydrogens is 324 g/mol. The SMILES string of the molecule is CCN(CC)c1ccc(NCc2ccc(Br)c(C)c2)cc1. The topological polar surface area (TPSA) is 15.3 Å². The normalized spacial score (nSPS) is 10.5. The maximum Gasteiger partial charge on any atom is 0.0400 e. The van der Waals surface area contributed by atoms with Gasteiger partial charge in [-0.2, -0.15) is 0 Å². The predicted molar refractivity (Wildman–Crippen MR) is 96.2 cm³/mol. The number of hydrogen-bond acceptors (Lipinski definition) is 2. The molecule has 112 valence electrons. The highest BCUT2D eigenvalue weighted by molar-refractivity contribution is 9.10. The first-order valence-electron chi connectivity index (χ1n) is 7.48. The van der Waals surface area contributed by atoms with Crippen LogP contribution in [0.15, 0.2) is 46.9 Å². The number of hydrogen-bond donors (Lipinski definition) is 1. The Hall–Kier alpha value is -1.48. The van der Waals surface area contributed by atoms with Gasteiger partial charge in [0.05, 0.1) is 0 Å². The first kappa shape index (κ1) is 15.9. The first-order chi connectivity index (χ1) is 10.1. The molecule has 0 spiro atoms. The molecule has 0 saturated carbocycles. The van der Waals surface area contributed by atoms with Crippen molar-refractivity contribution >= 4 is 27.3 Å². The third kappa shape index (κ3) is 4.24. The Labute approximate surface area is 136 Å². The minimum Gasteiger partial charge on any atom is -0.381 e. The molecule has 0 atom stereocenters. The van der Waals surface area contributed by atoms with Gasteiger partial charge < -0.3 is 10.2 Å². The largest absolute Gasteiger partial charge is 0.381 e. The van der Waals surface area contributed by atoms with Crippen molar-refractivity contribution in [2.45, 2.75) is 27.3 Å². The number of nitrogens with one attached hydrogen (secondary N) is 1. The second-order valence-corrected chi connectivity index (χ2v) is 6.01. The van der Waals surface area contributed by atoms with Crippen LogP contribution in [-0.2, 0) is 6.54 Å². The van der Waals surface area contributed by atoms with Crippen LogP contribution in [-0.4, -0.2) is 13.1 Å². The van der Waals surface area contributed by atoms with Crippen molar-refractivity contribution in [3.63, 3.8) is 0 Å². The first-order valence-corrected chi connectivity index (χ1v) is 8.27. The molecule has 0 fully saturated rings. The van der Waals surface area contributed by atoms with Gasteiger partial charge in [-0.05, 0) is 62.2 Å². The smallest absolute Gasteiger partial charge is 0.0400 e. The minimum absolute atomic E-state index is 0.846. The summed E-state index contributed by atoms with van der Waals surface area (Å²) in [6.07, 6.45) is 0. The van der Waals surface area contributed by atoms with E-state index in [1.807, 2.05) is 0 Å². The van der Waals surface area contributed by atoms with Gasteiger partial charge in [-0.15, -0.1) is 0 Å². The summed E-state index contributed by atoms with van der Waals surface area (Å²) >= 11 is 3.54. The zero-order valence-electron chi connectivity index (χ0n) is 13.0. The second kappa shape index (κ2) is 7.51. The van der Waals surface area contributed by atoms with Crippen LogP contribution in [0.25, 0.3) is 0 Å². The van der Waals surface area contributed by atoms with E-state index in [1.165, 1.54) is 16.8 Å². The Morgan fingerprint density at radius 1 is 1.00 bits per heavy atom. The lowest BCUT2D eigenvalue weighted by Gasteiger charge is -2.21. The maximum absolute atomic E-state index is 3.54. The minimum atomic E-state index is 0.846. The van der Waals surface area contributed by atoms with Gasteiger partial charge in [-0.25, -0.2) is 0 Å². The third-order valence-corrected chi connectivity index (χ3v) is 4.60. The predicted octanol–water partition coefficient (Wildman–Crippen LogP) is 5.22. The number of aryl methyl sites for hydroxylation is 1. The van der Waals surface area contributed by atoms with Crippen LogP contribution >= 0.6 is 15.9 Å². The molecule has 2 rings (SSSR count). The molecule has 0 aliphatic rings. The van der Waals surface area contributed by atoms with Gasteiger partial charge in [-0.1, -0.05) is 28.1 Å². The molecule has 3 heteroatoms. The van der Waals surface area contributed by atoms with Gasteiger partial charge in [0.15, 0.2) is 0 Å². The fraction of sp³-hybridized carbons (Fsp3) is 0.333. The van der Waals surface area contributed by atoms with Crippen molar-refractivity contribution in [3.05, 3.63) is 58.1 Å². The third-order valence-electron chi connectivity index (χ3n) is 3.71. The van der Waals surface area contributed by atoms with E-state index in [0.717, 1.165) is 29.8 Å². The molecule has 0 saturated heterocycles. The number of nitrogens with zero attached hydrogens (tertiary/aromatic N) is 1. The molecule has 1 N–H and O–H groups in total. The van der Waals surface area contributed by atoms with E-state index in [2.05, 4.69) is 89.4 Å². The van der Waals surface area contributed by atoms with E-state index in [-0.39, 0.29) is 0 Å². The summed E-state index contributed by atoms with van der Waals surface area (Å²) in [4.78, 5) is 2.35. The molecule has 2 aromatic rings. The van der Waals surface area contributed by atoms with Crippen molar-refractivity contribution in [3.8, 4) is 0 Å². The van der Waals surface area contributed by atoms with Gasteiger partial charge in [0.1, 0.15) is 0 Å². The maximum atomic E-state index is 3.54. The van der Waals surface area contributed by atoms with Crippen LogP contribution in [0.3, 0.4) is 0 Å². The Morgan fingerprint density at radius 3 is 2.24 bits per heavy atom. The van der Waals surface area contributed by atoms with Crippen molar-refractivity contribution in [2.24, 2.45) is 0 Å². The van der Waals surface area contributed by atoms with Crippen LogP contribution in [0.1, 0.15) is 25.0 Å². The Balaban J connectivity index is 1.98. The average Bonchev–Trinajstić information content (AvgIpc) is 2.51. The zero-order chi connectivity index (χ0) is 15.2. The molecule has 21 heavy (non-hydrogen) atoms. The number of halogens is 1. The fourth-order valence-electron chi connectivity index (χ4n) is 2.40. The monoisotopic (exact) mass is 346 g/mol. The molecular formula is C18H23BrN2. The Kier molecular flexibility index (Phi) is 5.68. The van der Waals surface area contributed by atoms with E-state index < -0.39 is 0 Å². The molecule has 0 amide bonds. The van der Waals surface area contributed by atoms with Crippen LogP contribution in [0, 0.1) is 6.92 Å². The van der Waals surface area contributed by atoms with E-state index in [9.17, 15) is 0 Å². The lowest BCUT2D eigenvalue weighted by molar-refractivity contribution is 0.866. The summed E-state index contributed by atoms with van der Waals surface area (Å²) in [7, 11) is 0. The zero-order valence-corrected chi connectivity index (χ0v) is 14.6. The molecule has 0 unspecified atom stereocenters. The van der Waals surface area contributed by atoms with E-state index >= 15 is 0 Å². The highest BCUT2D eigenvalue weighted by Crippen LogP contribution is 2.20. The molecule has 0 bridgehead atoms. The summed E-state index contributed by atoms with van der Waals surface area (Å²) in [5.74, 6) is 0.